The Hall–Kier alpha value is -3.40. The highest BCUT2D eigenvalue weighted by Crippen LogP contribution is 2.46. The first-order chi connectivity index (χ1) is 15.9. The van der Waals surface area contributed by atoms with Crippen molar-refractivity contribution in [2.45, 2.75) is 58.3 Å². The molecule has 1 fully saturated rings. The van der Waals surface area contributed by atoms with Crippen LogP contribution in [0.3, 0.4) is 0 Å². The van der Waals surface area contributed by atoms with Gasteiger partial charge < -0.3 is 10.2 Å². The van der Waals surface area contributed by atoms with E-state index in [-0.39, 0.29) is 11.1 Å². The van der Waals surface area contributed by atoms with Gasteiger partial charge in [0.15, 0.2) is 0 Å². The molecule has 0 radical (unpaired) electrons. The topological polar surface area (TPSA) is 74.6 Å². The lowest BCUT2D eigenvalue weighted by atomic mass is 9.75. The van der Waals surface area contributed by atoms with Gasteiger partial charge in [0.05, 0.1) is 11.1 Å². The maximum absolute atomic E-state index is 12.2. The van der Waals surface area contributed by atoms with Crippen LogP contribution >= 0.6 is 0 Å². The predicted molar refractivity (Wildman–Crippen MR) is 131 cm³/mol. The number of carbonyl (C=O) groups is 2. The molecule has 3 aromatic rings. The van der Waals surface area contributed by atoms with Crippen LogP contribution in [0.5, 0.6) is 0 Å². The minimum absolute atomic E-state index is 0.224. The van der Waals surface area contributed by atoms with E-state index in [1.165, 1.54) is 24.8 Å². The van der Waals surface area contributed by atoms with Gasteiger partial charge in [-0.15, -0.1) is 0 Å². The van der Waals surface area contributed by atoms with E-state index in [0.29, 0.717) is 17.0 Å². The Morgan fingerprint density at radius 1 is 0.818 bits per heavy atom. The monoisotopic (exact) mass is 442 g/mol. The average Bonchev–Trinajstić information content (AvgIpc) is 2.83. The van der Waals surface area contributed by atoms with Gasteiger partial charge in [-0.1, -0.05) is 68.7 Å². The van der Waals surface area contributed by atoms with Gasteiger partial charge in [0, 0.05) is 0 Å². The highest BCUT2D eigenvalue weighted by Gasteiger charge is 2.27. The lowest BCUT2D eigenvalue weighted by molar-refractivity contribution is 0.0686. The second-order valence-corrected chi connectivity index (χ2v) is 8.90. The summed E-state index contributed by atoms with van der Waals surface area (Å²) in [4.78, 5) is 24.3. The van der Waals surface area contributed by atoms with Crippen molar-refractivity contribution in [1.29, 1.82) is 0 Å². The van der Waals surface area contributed by atoms with Gasteiger partial charge in [0.1, 0.15) is 0 Å². The number of carboxylic acid groups (broad SMARTS) is 2. The molecule has 1 aliphatic carbocycles. The summed E-state index contributed by atoms with van der Waals surface area (Å²) in [6.07, 6.45) is 6.69. The number of aromatic carboxylic acids is 2. The lowest BCUT2D eigenvalue weighted by Gasteiger charge is -2.29. The fourth-order valence-electron chi connectivity index (χ4n) is 5.46. The molecular formula is C29H30O4. The number of carboxylic acids is 2. The van der Waals surface area contributed by atoms with Gasteiger partial charge in [-0.2, -0.15) is 0 Å². The van der Waals surface area contributed by atoms with Gasteiger partial charge in [-0.05, 0) is 83.2 Å². The molecule has 0 amide bonds. The second kappa shape index (κ2) is 9.62. The molecule has 0 atom stereocenters. The van der Waals surface area contributed by atoms with Crippen molar-refractivity contribution in [1.82, 2.24) is 0 Å². The van der Waals surface area contributed by atoms with E-state index >= 15 is 0 Å². The number of hydrogen-bond donors (Lipinski definition) is 2. The third-order valence-corrected chi connectivity index (χ3v) is 6.92. The van der Waals surface area contributed by atoms with Gasteiger partial charge in [0.25, 0.3) is 0 Å². The smallest absolute Gasteiger partial charge is 0.336 e. The summed E-state index contributed by atoms with van der Waals surface area (Å²) in [6, 6.07) is 16.3. The molecule has 3 aromatic carbocycles. The molecule has 0 unspecified atom stereocenters. The number of hydrogen-bond acceptors (Lipinski definition) is 2. The molecule has 4 heteroatoms. The maximum atomic E-state index is 12.2. The van der Waals surface area contributed by atoms with Crippen molar-refractivity contribution in [2.75, 3.05) is 0 Å². The molecule has 0 spiro atoms. The SMILES string of the molecule is CCc1c(C2CCCCC2)cc(C)c(-c2ccccc2C(=O)O)c1-c1ccccc1C(=O)O. The fourth-order valence-corrected chi connectivity index (χ4v) is 5.46. The molecule has 0 saturated heterocycles. The van der Waals surface area contributed by atoms with Gasteiger partial charge in [-0.3, -0.25) is 0 Å². The number of benzene rings is 3. The van der Waals surface area contributed by atoms with Crippen LogP contribution in [-0.2, 0) is 6.42 Å². The Balaban J connectivity index is 2.12. The van der Waals surface area contributed by atoms with Crippen LogP contribution in [0.1, 0.15) is 82.4 Å². The lowest BCUT2D eigenvalue weighted by Crippen LogP contribution is -2.12. The van der Waals surface area contributed by atoms with Crippen LogP contribution in [0.2, 0.25) is 0 Å². The van der Waals surface area contributed by atoms with Crippen LogP contribution in [0.4, 0.5) is 0 Å². The van der Waals surface area contributed by atoms with Crippen LogP contribution in [0, 0.1) is 6.92 Å². The molecule has 0 aliphatic heterocycles. The molecule has 170 valence electrons. The molecule has 4 rings (SSSR count). The molecule has 1 aliphatic rings. The number of rotatable bonds is 6. The first-order valence-electron chi connectivity index (χ1n) is 11.8. The Morgan fingerprint density at radius 3 is 1.85 bits per heavy atom. The van der Waals surface area contributed by atoms with E-state index in [1.54, 1.807) is 24.3 Å². The van der Waals surface area contributed by atoms with Crippen LogP contribution in [0.25, 0.3) is 22.3 Å². The third kappa shape index (κ3) is 4.30. The van der Waals surface area contributed by atoms with Crippen molar-refractivity contribution >= 4 is 11.9 Å². The van der Waals surface area contributed by atoms with Crippen molar-refractivity contribution in [3.63, 3.8) is 0 Å². The Kier molecular flexibility index (Phi) is 6.64. The molecule has 4 nitrogen and oxygen atoms in total. The van der Waals surface area contributed by atoms with E-state index < -0.39 is 11.9 Å². The first-order valence-corrected chi connectivity index (χ1v) is 11.8. The van der Waals surface area contributed by atoms with E-state index in [2.05, 4.69) is 13.0 Å². The highest BCUT2D eigenvalue weighted by atomic mass is 16.4. The zero-order chi connectivity index (χ0) is 23.5. The standard InChI is InChI=1S/C29H30O4/c1-3-20-25(19-11-5-4-6-12-19)17-18(2)26(21-13-7-9-15-23(21)28(30)31)27(20)22-14-8-10-16-24(22)29(32)33/h7-10,13-17,19H,3-6,11-12H2,1-2H3,(H,30,31)(H,32,33). The normalized spacial score (nSPS) is 14.2. The van der Waals surface area contributed by atoms with Crippen molar-refractivity contribution in [3.8, 4) is 22.3 Å². The van der Waals surface area contributed by atoms with Crippen LogP contribution in [0.15, 0.2) is 54.6 Å². The molecule has 2 N–H and O–H groups in total. The minimum atomic E-state index is -0.989. The summed E-state index contributed by atoms with van der Waals surface area (Å²) in [5.74, 6) is -1.52. The Bertz CT molecular complexity index is 1200. The molecular weight excluding hydrogens is 412 g/mol. The maximum Gasteiger partial charge on any atom is 0.336 e. The molecule has 0 heterocycles. The van der Waals surface area contributed by atoms with Gasteiger partial charge >= 0.3 is 11.9 Å². The van der Waals surface area contributed by atoms with E-state index in [4.69, 9.17) is 0 Å². The van der Waals surface area contributed by atoms with Gasteiger partial charge in [-0.25, -0.2) is 9.59 Å². The summed E-state index contributed by atoms with van der Waals surface area (Å²) >= 11 is 0. The number of aryl methyl sites for hydroxylation is 1. The van der Waals surface area contributed by atoms with E-state index in [1.807, 2.05) is 31.2 Å². The third-order valence-electron chi connectivity index (χ3n) is 6.92. The van der Waals surface area contributed by atoms with Crippen molar-refractivity contribution < 1.29 is 19.8 Å². The largest absolute Gasteiger partial charge is 0.478 e. The molecule has 0 bridgehead atoms. The summed E-state index contributed by atoms with van der Waals surface area (Å²) in [5, 5.41) is 19.9. The molecule has 33 heavy (non-hydrogen) atoms. The second-order valence-electron chi connectivity index (χ2n) is 8.90. The van der Waals surface area contributed by atoms with Crippen LogP contribution in [-0.4, -0.2) is 22.2 Å². The fraction of sp³-hybridized carbons (Fsp3) is 0.310. The highest BCUT2D eigenvalue weighted by molar-refractivity contribution is 6.04. The van der Waals surface area contributed by atoms with Gasteiger partial charge in [0.2, 0.25) is 0 Å². The summed E-state index contributed by atoms with van der Waals surface area (Å²) in [7, 11) is 0. The van der Waals surface area contributed by atoms with E-state index in [9.17, 15) is 19.8 Å². The molecule has 1 saturated carbocycles. The predicted octanol–water partition coefficient (Wildman–Crippen LogP) is 7.34. The summed E-state index contributed by atoms with van der Waals surface area (Å²) in [5.41, 5.74) is 6.83. The summed E-state index contributed by atoms with van der Waals surface area (Å²) < 4.78 is 0. The van der Waals surface area contributed by atoms with Crippen LogP contribution < -0.4 is 0 Å². The zero-order valence-corrected chi connectivity index (χ0v) is 19.2. The Morgan fingerprint density at radius 2 is 1.33 bits per heavy atom. The van der Waals surface area contributed by atoms with Crippen molar-refractivity contribution in [2.24, 2.45) is 0 Å². The minimum Gasteiger partial charge on any atom is -0.478 e. The quantitative estimate of drug-likeness (QED) is 0.419. The zero-order valence-electron chi connectivity index (χ0n) is 19.2. The average molecular weight is 443 g/mol. The van der Waals surface area contributed by atoms with E-state index in [0.717, 1.165) is 41.5 Å². The summed E-state index contributed by atoms with van der Waals surface area (Å²) in [6.45, 7) is 4.13. The molecule has 0 aromatic heterocycles. The Labute approximate surface area is 194 Å². The van der Waals surface area contributed by atoms with Crippen molar-refractivity contribution in [3.05, 3.63) is 82.4 Å². The first kappa shape index (κ1) is 22.8.